The molecular formula is C15H16F2N2S. The molecule has 0 saturated carbocycles. The van der Waals surface area contributed by atoms with Gasteiger partial charge in [-0.25, -0.2) is 13.8 Å². The Kier molecular flexibility index (Phi) is 5.35. The van der Waals surface area contributed by atoms with Gasteiger partial charge in [0.05, 0.1) is 5.69 Å². The minimum atomic E-state index is -0.560. The highest BCUT2D eigenvalue weighted by Crippen LogP contribution is 2.25. The Morgan fingerprint density at radius 1 is 1.20 bits per heavy atom. The van der Waals surface area contributed by atoms with Gasteiger partial charge in [0, 0.05) is 23.3 Å². The molecule has 0 amide bonds. The van der Waals surface area contributed by atoms with Gasteiger partial charge in [0.1, 0.15) is 17.5 Å². The minimum Gasteiger partial charge on any atom is -0.370 e. The maximum Gasteiger partial charge on any atom is 0.139 e. The van der Waals surface area contributed by atoms with Crippen LogP contribution >= 0.6 is 11.8 Å². The number of nitrogens with zero attached hydrogens (tertiary/aromatic N) is 1. The second-order valence-electron chi connectivity index (χ2n) is 4.30. The van der Waals surface area contributed by atoms with E-state index in [1.807, 2.05) is 18.2 Å². The smallest absolute Gasteiger partial charge is 0.139 e. The minimum absolute atomic E-state index is 0.431. The molecule has 0 aliphatic carbocycles. The normalized spacial score (nSPS) is 10.6. The van der Waals surface area contributed by atoms with Gasteiger partial charge in [0.25, 0.3) is 0 Å². The van der Waals surface area contributed by atoms with E-state index in [9.17, 15) is 8.78 Å². The van der Waals surface area contributed by atoms with E-state index >= 15 is 0 Å². The van der Waals surface area contributed by atoms with Crippen LogP contribution in [0.25, 0.3) is 0 Å². The van der Waals surface area contributed by atoms with Crippen molar-refractivity contribution in [2.24, 2.45) is 0 Å². The van der Waals surface area contributed by atoms with Gasteiger partial charge in [0.15, 0.2) is 0 Å². The van der Waals surface area contributed by atoms with Crippen LogP contribution in [0.4, 0.5) is 14.6 Å². The Morgan fingerprint density at radius 2 is 2.05 bits per heavy atom. The molecule has 2 rings (SSSR count). The number of anilines is 1. The predicted octanol–water partition coefficient (Wildman–Crippen LogP) is 4.47. The molecule has 1 aromatic carbocycles. The number of hydrogen-bond acceptors (Lipinski definition) is 3. The molecule has 5 heteroatoms. The maximum absolute atomic E-state index is 13.5. The first-order valence-corrected chi connectivity index (χ1v) is 7.45. The van der Waals surface area contributed by atoms with E-state index in [1.165, 1.54) is 23.9 Å². The molecule has 0 unspecified atom stereocenters. The molecule has 20 heavy (non-hydrogen) atoms. The summed E-state index contributed by atoms with van der Waals surface area (Å²) >= 11 is 1.31. The quantitative estimate of drug-likeness (QED) is 0.795. The van der Waals surface area contributed by atoms with Crippen LogP contribution in [0, 0.1) is 11.6 Å². The van der Waals surface area contributed by atoms with Gasteiger partial charge in [0.2, 0.25) is 0 Å². The van der Waals surface area contributed by atoms with E-state index in [4.69, 9.17) is 0 Å². The zero-order chi connectivity index (χ0) is 14.4. The summed E-state index contributed by atoms with van der Waals surface area (Å²) in [5.74, 6) is 0.278. The van der Waals surface area contributed by atoms with Crippen molar-refractivity contribution in [1.82, 2.24) is 4.98 Å². The molecule has 2 aromatic rings. The molecule has 0 radical (unpaired) electrons. The zero-order valence-corrected chi connectivity index (χ0v) is 12.0. The van der Waals surface area contributed by atoms with Crippen molar-refractivity contribution in [1.29, 1.82) is 0 Å². The van der Waals surface area contributed by atoms with E-state index in [-0.39, 0.29) is 0 Å². The summed E-state index contributed by atoms with van der Waals surface area (Å²) in [7, 11) is 0. The average molecular weight is 294 g/mol. The van der Waals surface area contributed by atoms with Crippen molar-refractivity contribution < 1.29 is 8.78 Å². The van der Waals surface area contributed by atoms with Gasteiger partial charge in [-0.3, -0.25) is 0 Å². The van der Waals surface area contributed by atoms with Gasteiger partial charge >= 0.3 is 0 Å². The van der Waals surface area contributed by atoms with E-state index in [1.54, 1.807) is 0 Å². The fourth-order valence-electron chi connectivity index (χ4n) is 1.66. The lowest BCUT2D eigenvalue weighted by molar-refractivity contribution is 0.565. The van der Waals surface area contributed by atoms with Crippen LogP contribution in [0.5, 0.6) is 0 Å². The van der Waals surface area contributed by atoms with Crippen molar-refractivity contribution >= 4 is 17.6 Å². The summed E-state index contributed by atoms with van der Waals surface area (Å²) < 4.78 is 26.3. The fraction of sp³-hybridized carbons (Fsp3) is 0.267. The summed E-state index contributed by atoms with van der Waals surface area (Å²) in [5, 5.41) is 3.21. The number of hydrogen-bond donors (Lipinski definition) is 1. The molecule has 0 atom stereocenters. The van der Waals surface area contributed by atoms with Crippen LogP contribution < -0.4 is 5.32 Å². The molecule has 1 N–H and O–H groups in total. The Hall–Kier alpha value is -1.62. The van der Waals surface area contributed by atoms with Crippen molar-refractivity contribution in [2.45, 2.75) is 24.0 Å². The van der Waals surface area contributed by atoms with Crippen LogP contribution in [-0.4, -0.2) is 11.5 Å². The van der Waals surface area contributed by atoms with E-state index in [2.05, 4.69) is 17.2 Å². The highest BCUT2D eigenvalue weighted by atomic mass is 32.2. The largest absolute Gasteiger partial charge is 0.370 e. The van der Waals surface area contributed by atoms with Crippen molar-refractivity contribution in [2.75, 3.05) is 11.9 Å². The molecule has 1 heterocycles. The lowest BCUT2D eigenvalue weighted by atomic mass is 10.3. The Labute approximate surface area is 121 Å². The lowest BCUT2D eigenvalue weighted by Gasteiger charge is -2.07. The molecule has 0 bridgehead atoms. The summed E-state index contributed by atoms with van der Waals surface area (Å²) in [6.07, 6.45) is 1.03. The van der Waals surface area contributed by atoms with Crippen LogP contribution in [-0.2, 0) is 5.75 Å². The third-order valence-corrected chi connectivity index (χ3v) is 3.71. The first-order chi connectivity index (χ1) is 9.69. The highest BCUT2D eigenvalue weighted by Gasteiger charge is 2.05. The number of benzene rings is 1. The second kappa shape index (κ2) is 7.24. The van der Waals surface area contributed by atoms with Crippen LogP contribution in [0.2, 0.25) is 0 Å². The molecule has 0 aliphatic rings. The van der Waals surface area contributed by atoms with Crippen molar-refractivity contribution in [3.8, 4) is 0 Å². The van der Waals surface area contributed by atoms with Gasteiger partial charge in [-0.05, 0) is 30.7 Å². The average Bonchev–Trinajstić information content (AvgIpc) is 2.45. The molecule has 0 spiro atoms. The molecule has 106 valence electrons. The van der Waals surface area contributed by atoms with Gasteiger partial charge < -0.3 is 5.32 Å². The van der Waals surface area contributed by atoms with Crippen molar-refractivity contribution in [3.05, 3.63) is 53.7 Å². The number of rotatable bonds is 6. The summed E-state index contributed by atoms with van der Waals surface area (Å²) in [5.41, 5.74) is 0.861. The molecular weight excluding hydrogens is 278 g/mol. The third-order valence-electron chi connectivity index (χ3n) is 2.63. The Balaban J connectivity index is 1.99. The number of aromatic nitrogens is 1. The topological polar surface area (TPSA) is 24.9 Å². The monoisotopic (exact) mass is 294 g/mol. The van der Waals surface area contributed by atoms with Crippen LogP contribution in [0.1, 0.15) is 19.0 Å². The van der Waals surface area contributed by atoms with Crippen LogP contribution in [0.15, 0.2) is 41.3 Å². The molecule has 0 fully saturated rings. The molecule has 0 aliphatic heterocycles. The van der Waals surface area contributed by atoms with E-state index < -0.39 is 11.6 Å². The van der Waals surface area contributed by atoms with Crippen molar-refractivity contribution in [3.63, 3.8) is 0 Å². The van der Waals surface area contributed by atoms with E-state index in [0.717, 1.165) is 30.5 Å². The number of halogens is 2. The maximum atomic E-state index is 13.5. The highest BCUT2D eigenvalue weighted by molar-refractivity contribution is 7.98. The summed E-state index contributed by atoms with van der Waals surface area (Å²) in [6, 6.07) is 9.33. The zero-order valence-electron chi connectivity index (χ0n) is 11.2. The molecule has 0 saturated heterocycles. The van der Waals surface area contributed by atoms with Gasteiger partial charge in [-0.1, -0.05) is 13.0 Å². The fourth-order valence-corrected chi connectivity index (χ4v) is 2.48. The summed E-state index contributed by atoms with van der Waals surface area (Å²) in [6.45, 7) is 2.96. The van der Waals surface area contributed by atoms with Gasteiger partial charge in [-0.15, -0.1) is 11.8 Å². The van der Waals surface area contributed by atoms with Gasteiger partial charge in [-0.2, -0.15) is 0 Å². The van der Waals surface area contributed by atoms with Crippen LogP contribution in [0.3, 0.4) is 0 Å². The van der Waals surface area contributed by atoms with E-state index in [0.29, 0.717) is 10.6 Å². The Morgan fingerprint density at radius 3 is 2.80 bits per heavy atom. The standard InChI is InChI=1S/C15H16F2N2S/c1-2-8-18-15-5-3-4-12(19-15)10-20-14-7-6-11(16)9-13(14)17/h3-7,9H,2,8,10H2,1H3,(H,18,19). The SMILES string of the molecule is CCCNc1cccc(CSc2ccc(F)cc2F)n1. The third kappa shape index (κ3) is 4.20. The predicted molar refractivity (Wildman–Crippen MR) is 78.9 cm³/mol. The summed E-state index contributed by atoms with van der Waals surface area (Å²) in [4.78, 5) is 4.87. The Bertz CT molecular complexity index is 576. The molecule has 1 aromatic heterocycles. The lowest BCUT2D eigenvalue weighted by Crippen LogP contribution is -2.02. The number of nitrogens with one attached hydrogen (secondary N) is 1. The number of thioether (sulfide) groups is 1. The molecule has 2 nitrogen and oxygen atoms in total. The number of pyridine rings is 1. The first-order valence-electron chi connectivity index (χ1n) is 6.46. The second-order valence-corrected chi connectivity index (χ2v) is 5.32. The first kappa shape index (κ1) is 14.8.